The Labute approximate surface area is 119 Å². The summed E-state index contributed by atoms with van der Waals surface area (Å²) < 4.78 is 0. The molecule has 0 aliphatic heterocycles. The van der Waals surface area contributed by atoms with Gasteiger partial charge in [0.25, 0.3) is 0 Å². The van der Waals surface area contributed by atoms with Crippen LogP contribution in [0.1, 0.15) is 65.2 Å². The Morgan fingerprint density at radius 1 is 1.06 bits per heavy atom. The summed E-state index contributed by atoms with van der Waals surface area (Å²) in [4.78, 5) is 0. The molecule has 0 fully saturated rings. The summed E-state index contributed by atoms with van der Waals surface area (Å²) in [6.45, 7) is 9.47. The third-order valence-corrected chi connectivity index (χ3v) is 4.19. The molecule has 2 heteroatoms. The van der Waals surface area contributed by atoms with E-state index < -0.39 is 0 Å². The van der Waals surface area contributed by atoms with Gasteiger partial charge in [-0.1, -0.05) is 58.4 Å². The summed E-state index contributed by atoms with van der Waals surface area (Å²) >= 11 is 1.97. The van der Waals surface area contributed by atoms with Crippen molar-refractivity contribution in [1.82, 2.24) is 5.32 Å². The first-order valence-electron chi connectivity index (χ1n) is 7.77. The van der Waals surface area contributed by atoms with Crippen molar-refractivity contribution in [2.75, 3.05) is 18.1 Å². The molecular formula is C16H33NS. The Morgan fingerprint density at radius 2 is 1.67 bits per heavy atom. The van der Waals surface area contributed by atoms with Gasteiger partial charge >= 0.3 is 0 Å². The van der Waals surface area contributed by atoms with Gasteiger partial charge in [0.15, 0.2) is 0 Å². The van der Waals surface area contributed by atoms with E-state index in [1.807, 2.05) is 17.8 Å². The van der Waals surface area contributed by atoms with Gasteiger partial charge in [-0.25, -0.2) is 0 Å². The molecule has 0 unspecified atom stereocenters. The number of hydrogen-bond acceptors (Lipinski definition) is 2. The van der Waals surface area contributed by atoms with Crippen molar-refractivity contribution < 1.29 is 0 Å². The van der Waals surface area contributed by atoms with Gasteiger partial charge in [0.05, 0.1) is 0 Å². The third kappa shape index (κ3) is 12.5. The van der Waals surface area contributed by atoms with E-state index in [4.69, 9.17) is 0 Å². The zero-order valence-electron chi connectivity index (χ0n) is 12.5. The average molecular weight is 272 g/mol. The lowest BCUT2D eigenvalue weighted by atomic mass is 10.0. The molecule has 1 N–H and O–H groups in total. The van der Waals surface area contributed by atoms with E-state index in [-0.39, 0.29) is 0 Å². The minimum absolute atomic E-state index is 0.757. The third-order valence-electron chi connectivity index (χ3n) is 3.23. The van der Waals surface area contributed by atoms with Crippen LogP contribution in [0.2, 0.25) is 0 Å². The topological polar surface area (TPSA) is 12.0 Å². The first-order valence-corrected chi connectivity index (χ1v) is 8.92. The average Bonchev–Trinajstić information content (AvgIpc) is 2.38. The smallest absolute Gasteiger partial charge is 0.0111 e. The molecule has 0 aromatic rings. The van der Waals surface area contributed by atoms with Crippen LogP contribution in [-0.2, 0) is 0 Å². The standard InChI is InChI=1S/C16H33NS/c1-4-7-9-11-16(12-10-8-5-2)17-13-15-18-14-6-3/h6,16-17H,3-5,7-15H2,1-2H3. The largest absolute Gasteiger partial charge is 0.313 e. The van der Waals surface area contributed by atoms with E-state index in [9.17, 15) is 0 Å². The normalized spacial score (nSPS) is 11.1. The Kier molecular flexibility index (Phi) is 15.2. The molecule has 0 aliphatic rings. The van der Waals surface area contributed by atoms with Gasteiger partial charge in [-0.3, -0.25) is 0 Å². The molecule has 108 valence electrons. The van der Waals surface area contributed by atoms with Gasteiger partial charge in [-0.2, -0.15) is 11.8 Å². The van der Waals surface area contributed by atoms with Crippen molar-refractivity contribution in [3.05, 3.63) is 12.7 Å². The number of nitrogens with one attached hydrogen (secondary N) is 1. The molecular weight excluding hydrogens is 238 g/mol. The van der Waals surface area contributed by atoms with Crippen LogP contribution >= 0.6 is 11.8 Å². The zero-order valence-corrected chi connectivity index (χ0v) is 13.4. The lowest BCUT2D eigenvalue weighted by Crippen LogP contribution is -2.31. The maximum absolute atomic E-state index is 3.75. The molecule has 18 heavy (non-hydrogen) atoms. The highest BCUT2D eigenvalue weighted by Crippen LogP contribution is 2.11. The van der Waals surface area contributed by atoms with E-state index in [2.05, 4.69) is 25.7 Å². The highest BCUT2D eigenvalue weighted by atomic mass is 32.2. The molecule has 1 nitrogen and oxygen atoms in total. The summed E-state index contributed by atoms with van der Waals surface area (Å²) in [6, 6.07) is 0.757. The zero-order chi connectivity index (χ0) is 13.5. The van der Waals surface area contributed by atoms with Gasteiger partial charge in [0, 0.05) is 24.1 Å². The van der Waals surface area contributed by atoms with Crippen molar-refractivity contribution in [2.24, 2.45) is 0 Å². The quantitative estimate of drug-likeness (QED) is 0.351. The molecule has 0 saturated carbocycles. The molecule has 0 saturated heterocycles. The molecule has 0 bridgehead atoms. The van der Waals surface area contributed by atoms with Gasteiger partial charge in [0.2, 0.25) is 0 Å². The highest BCUT2D eigenvalue weighted by Gasteiger charge is 2.06. The molecule has 0 atom stereocenters. The fraction of sp³-hybridized carbons (Fsp3) is 0.875. The number of thioether (sulfide) groups is 1. The fourth-order valence-corrected chi connectivity index (χ4v) is 2.73. The first-order chi connectivity index (χ1) is 8.85. The Morgan fingerprint density at radius 3 is 2.17 bits per heavy atom. The van der Waals surface area contributed by atoms with Crippen LogP contribution < -0.4 is 5.32 Å². The predicted octanol–water partition coefficient (Wildman–Crippen LogP) is 5.02. The van der Waals surface area contributed by atoms with Crippen LogP contribution in [0, 0.1) is 0 Å². The van der Waals surface area contributed by atoms with Crippen LogP contribution in [0.3, 0.4) is 0 Å². The van der Waals surface area contributed by atoms with Crippen LogP contribution in [0.15, 0.2) is 12.7 Å². The van der Waals surface area contributed by atoms with Gasteiger partial charge in [0.1, 0.15) is 0 Å². The first kappa shape index (κ1) is 18.0. The fourth-order valence-electron chi connectivity index (χ4n) is 2.13. The summed E-state index contributed by atoms with van der Waals surface area (Å²) in [5.41, 5.74) is 0. The van der Waals surface area contributed by atoms with Crippen LogP contribution in [0.4, 0.5) is 0 Å². The predicted molar refractivity (Wildman–Crippen MR) is 87.6 cm³/mol. The monoisotopic (exact) mass is 271 g/mol. The molecule has 0 aromatic heterocycles. The molecule has 0 amide bonds. The summed E-state index contributed by atoms with van der Waals surface area (Å²) in [6.07, 6.45) is 12.9. The van der Waals surface area contributed by atoms with Crippen molar-refractivity contribution >= 4 is 11.8 Å². The second kappa shape index (κ2) is 15.1. The second-order valence-corrected chi connectivity index (χ2v) is 6.16. The number of unbranched alkanes of at least 4 members (excludes halogenated alkanes) is 4. The van der Waals surface area contributed by atoms with E-state index in [1.54, 1.807) is 0 Å². The number of rotatable bonds is 14. The van der Waals surface area contributed by atoms with Crippen molar-refractivity contribution in [1.29, 1.82) is 0 Å². The van der Waals surface area contributed by atoms with Crippen molar-refractivity contribution in [2.45, 2.75) is 71.3 Å². The van der Waals surface area contributed by atoms with Crippen LogP contribution in [-0.4, -0.2) is 24.1 Å². The number of hydrogen-bond donors (Lipinski definition) is 1. The van der Waals surface area contributed by atoms with E-state index in [0.29, 0.717) is 0 Å². The van der Waals surface area contributed by atoms with E-state index in [0.717, 1.165) is 18.3 Å². The van der Waals surface area contributed by atoms with E-state index >= 15 is 0 Å². The molecule has 0 aromatic carbocycles. The van der Waals surface area contributed by atoms with Crippen LogP contribution in [0.25, 0.3) is 0 Å². The molecule has 0 heterocycles. The van der Waals surface area contributed by atoms with Crippen molar-refractivity contribution in [3.8, 4) is 0 Å². The minimum atomic E-state index is 0.757. The maximum atomic E-state index is 3.75. The summed E-state index contributed by atoms with van der Waals surface area (Å²) in [5.74, 6) is 2.29. The minimum Gasteiger partial charge on any atom is -0.313 e. The Hall–Kier alpha value is 0.0500. The maximum Gasteiger partial charge on any atom is 0.0111 e. The van der Waals surface area contributed by atoms with E-state index in [1.165, 1.54) is 57.1 Å². The van der Waals surface area contributed by atoms with Gasteiger partial charge in [-0.15, -0.1) is 6.58 Å². The Bertz CT molecular complexity index is 160. The highest BCUT2D eigenvalue weighted by molar-refractivity contribution is 7.99. The molecule has 0 spiro atoms. The van der Waals surface area contributed by atoms with Crippen LogP contribution in [0.5, 0.6) is 0 Å². The lowest BCUT2D eigenvalue weighted by Gasteiger charge is -2.18. The van der Waals surface area contributed by atoms with Crippen molar-refractivity contribution in [3.63, 3.8) is 0 Å². The second-order valence-electron chi connectivity index (χ2n) is 5.01. The van der Waals surface area contributed by atoms with Gasteiger partial charge in [-0.05, 0) is 12.8 Å². The SMILES string of the molecule is C=CCSCCNC(CCCCC)CCCCC. The summed E-state index contributed by atoms with van der Waals surface area (Å²) in [5, 5.41) is 3.74. The summed E-state index contributed by atoms with van der Waals surface area (Å²) in [7, 11) is 0. The van der Waals surface area contributed by atoms with Gasteiger partial charge < -0.3 is 5.32 Å². The Balaban J connectivity index is 3.62. The molecule has 0 radical (unpaired) electrons. The lowest BCUT2D eigenvalue weighted by molar-refractivity contribution is 0.428. The molecule has 0 rings (SSSR count). The molecule has 0 aliphatic carbocycles.